The minimum absolute atomic E-state index is 0.136. The molecule has 0 bridgehead atoms. The van der Waals surface area contributed by atoms with Crippen LogP contribution in [0, 0.1) is 0 Å². The standard InChI is InChI=1S/C41H73O8P/c1-3-5-7-9-11-13-15-17-19-20-22-24-26-28-30-32-34-36-41(43)49-39(38-48-50(44,45)46)37-47-40(42)35-33-31-29-27-25-23-21-18-16-14-12-10-8-6-4-2/h11,13,17,19,22,24,28,30,39H,3-10,12,14-16,18,20-21,23,25-27,29,31-38H2,1-2H3,(H2,44,45,46). The second-order valence-electron chi connectivity index (χ2n) is 13.3. The Balaban J connectivity index is 4.04. The van der Waals surface area contributed by atoms with Crippen LogP contribution in [0.25, 0.3) is 0 Å². The van der Waals surface area contributed by atoms with Crippen LogP contribution in [0.3, 0.4) is 0 Å². The summed E-state index contributed by atoms with van der Waals surface area (Å²) < 4.78 is 26.3. The quantitative estimate of drug-likeness (QED) is 0.0284. The van der Waals surface area contributed by atoms with Gasteiger partial charge in [0.1, 0.15) is 6.61 Å². The molecule has 2 N–H and O–H groups in total. The number of rotatable bonds is 36. The van der Waals surface area contributed by atoms with Gasteiger partial charge in [-0.2, -0.15) is 0 Å². The van der Waals surface area contributed by atoms with E-state index in [1.54, 1.807) is 0 Å². The molecule has 0 aromatic carbocycles. The molecular formula is C41H73O8P. The molecule has 0 saturated heterocycles. The highest BCUT2D eigenvalue weighted by Crippen LogP contribution is 2.36. The molecule has 0 radical (unpaired) electrons. The number of hydrogen-bond donors (Lipinski definition) is 2. The Bertz CT molecular complexity index is 952. The first kappa shape index (κ1) is 48.0. The van der Waals surface area contributed by atoms with E-state index in [1.165, 1.54) is 103 Å². The molecule has 0 rings (SSSR count). The van der Waals surface area contributed by atoms with Gasteiger partial charge in [0.2, 0.25) is 0 Å². The van der Waals surface area contributed by atoms with Gasteiger partial charge in [0.25, 0.3) is 0 Å². The van der Waals surface area contributed by atoms with Gasteiger partial charge in [-0.25, -0.2) is 4.57 Å². The van der Waals surface area contributed by atoms with Crippen LogP contribution >= 0.6 is 7.82 Å². The van der Waals surface area contributed by atoms with Gasteiger partial charge in [0.05, 0.1) is 6.61 Å². The van der Waals surface area contributed by atoms with E-state index in [0.29, 0.717) is 12.8 Å². The van der Waals surface area contributed by atoms with Crippen LogP contribution in [0.1, 0.15) is 181 Å². The van der Waals surface area contributed by atoms with Crippen molar-refractivity contribution in [1.82, 2.24) is 0 Å². The van der Waals surface area contributed by atoms with Crippen LogP contribution in [0.5, 0.6) is 0 Å². The predicted octanol–water partition coefficient (Wildman–Crippen LogP) is 12.0. The van der Waals surface area contributed by atoms with Crippen LogP contribution < -0.4 is 0 Å². The van der Waals surface area contributed by atoms with Crippen molar-refractivity contribution >= 4 is 19.8 Å². The molecule has 0 heterocycles. The second kappa shape index (κ2) is 36.8. The molecule has 9 heteroatoms. The highest BCUT2D eigenvalue weighted by Gasteiger charge is 2.22. The molecule has 0 aliphatic rings. The fraction of sp³-hybridized carbons (Fsp3) is 0.756. The van der Waals surface area contributed by atoms with Gasteiger partial charge in [0.15, 0.2) is 6.10 Å². The maximum Gasteiger partial charge on any atom is 0.469 e. The fourth-order valence-corrected chi connectivity index (χ4v) is 5.73. The lowest BCUT2D eigenvalue weighted by molar-refractivity contribution is -0.161. The van der Waals surface area contributed by atoms with Gasteiger partial charge in [-0.05, 0) is 51.4 Å². The van der Waals surface area contributed by atoms with Gasteiger partial charge in [-0.15, -0.1) is 0 Å². The first-order valence-corrected chi connectivity index (χ1v) is 21.5. The maximum absolute atomic E-state index is 12.4. The third-order valence-electron chi connectivity index (χ3n) is 8.35. The monoisotopic (exact) mass is 725 g/mol. The lowest BCUT2D eigenvalue weighted by Gasteiger charge is -2.18. The molecule has 0 aliphatic heterocycles. The van der Waals surface area contributed by atoms with E-state index in [1.807, 2.05) is 6.08 Å². The summed E-state index contributed by atoms with van der Waals surface area (Å²) in [5.74, 6) is -0.948. The van der Waals surface area contributed by atoms with Crippen LogP contribution in [0.15, 0.2) is 48.6 Å². The van der Waals surface area contributed by atoms with Gasteiger partial charge in [-0.1, -0.05) is 165 Å². The van der Waals surface area contributed by atoms with Crippen LogP contribution in [0.4, 0.5) is 0 Å². The largest absolute Gasteiger partial charge is 0.469 e. The van der Waals surface area contributed by atoms with Crippen molar-refractivity contribution < 1.29 is 37.9 Å². The molecule has 0 aromatic heterocycles. The van der Waals surface area contributed by atoms with E-state index < -0.39 is 32.5 Å². The molecule has 1 atom stereocenters. The number of phosphoric ester groups is 1. The first-order valence-electron chi connectivity index (χ1n) is 19.9. The summed E-state index contributed by atoms with van der Waals surface area (Å²) in [5.41, 5.74) is 0. The molecule has 8 nitrogen and oxygen atoms in total. The number of hydrogen-bond acceptors (Lipinski definition) is 6. The van der Waals surface area contributed by atoms with E-state index in [4.69, 9.17) is 19.3 Å². The SMILES string of the molecule is CCCCCC=CCC=CCC=CCC=CCCCC(=O)OC(COC(=O)CCCCCCCCCCCCCCCCC)COP(=O)(O)O. The number of ether oxygens (including phenoxy) is 2. The second-order valence-corrected chi connectivity index (χ2v) is 14.5. The third-order valence-corrected chi connectivity index (χ3v) is 8.84. The topological polar surface area (TPSA) is 119 Å². The Kier molecular flexibility index (Phi) is 35.3. The molecule has 0 aromatic rings. The summed E-state index contributed by atoms with van der Waals surface area (Å²) in [6, 6.07) is 0. The van der Waals surface area contributed by atoms with Crippen LogP contribution in [-0.4, -0.2) is 41.0 Å². The molecule has 1 unspecified atom stereocenters. The molecule has 0 amide bonds. The number of esters is 2. The zero-order valence-corrected chi connectivity index (χ0v) is 32.7. The van der Waals surface area contributed by atoms with Crippen molar-refractivity contribution in [2.24, 2.45) is 0 Å². The number of carbonyl (C=O) groups excluding carboxylic acids is 2. The minimum atomic E-state index is -4.77. The Morgan fingerprint density at radius 1 is 0.520 bits per heavy atom. The zero-order chi connectivity index (χ0) is 36.8. The summed E-state index contributed by atoms with van der Waals surface area (Å²) in [7, 11) is -4.77. The maximum atomic E-state index is 12.4. The van der Waals surface area contributed by atoms with Gasteiger partial charge in [0, 0.05) is 12.8 Å². The van der Waals surface area contributed by atoms with Crippen molar-refractivity contribution in [3.05, 3.63) is 48.6 Å². The lowest BCUT2D eigenvalue weighted by atomic mass is 10.0. The molecule has 0 aliphatic carbocycles. The normalized spacial score (nSPS) is 13.0. The number of allylic oxidation sites excluding steroid dienone is 8. The van der Waals surface area contributed by atoms with Crippen molar-refractivity contribution in [2.75, 3.05) is 13.2 Å². The van der Waals surface area contributed by atoms with Crippen LogP contribution in [-0.2, 0) is 28.2 Å². The Morgan fingerprint density at radius 3 is 1.40 bits per heavy atom. The average Bonchev–Trinajstić information content (AvgIpc) is 3.08. The fourth-order valence-electron chi connectivity index (χ4n) is 5.37. The molecular weight excluding hydrogens is 651 g/mol. The van der Waals surface area contributed by atoms with E-state index in [-0.39, 0.29) is 19.4 Å². The van der Waals surface area contributed by atoms with E-state index in [0.717, 1.165) is 38.5 Å². The molecule has 50 heavy (non-hydrogen) atoms. The summed E-state index contributed by atoms with van der Waals surface area (Å²) in [6.45, 7) is 3.61. The summed E-state index contributed by atoms with van der Waals surface area (Å²) in [4.78, 5) is 42.7. The van der Waals surface area contributed by atoms with E-state index >= 15 is 0 Å². The smallest absolute Gasteiger partial charge is 0.462 e. The average molecular weight is 725 g/mol. The van der Waals surface area contributed by atoms with Crippen LogP contribution in [0.2, 0.25) is 0 Å². The number of phosphoric acid groups is 1. The first-order chi connectivity index (χ1) is 24.3. The molecule has 290 valence electrons. The third kappa shape index (κ3) is 38.8. The molecule has 0 spiro atoms. The highest BCUT2D eigenvalue weighted by molar-refractivity contribution is 7.46. The Labute approximate surface area is 305 Å². The van der Waals surface area contributed by atoms with Crippen molar-refractivity contribution in [1.29, 1.82) is 0 Å². The minimum Gasteiger partial charge on any atom is -0.462 e. The molecule has 0 saturated carbocycles. The van der Waals surface area contributed by atoms with Crippen molar-refractivity contribution in [3.8, 4) is 0 Å². The number of unbranched alkanes of at least 4 members (excludes halogenated alkanes) is 18. The highest BCUT2D eigenvalue weighted by atomic mass is 31.2. The van der Waals surface area contributed by atoms with Crippen molar-refractivity contribution in [2.45, 2.75) is 187 Å². The summed E-state index contributed by atoms with van der Waals surface area (Å²) >= 11 is 0. The summed E-state index contributed by atoms with van der Waals surface area (Å²) in [6.07, 6.45) is 44.1. The molecule has 0 fully saturated rings. The van der Waals surface area contributed by atoms with Gasteiger partial charge in [-0.3, -0.25) is 14.1 Å². The Morgan fingerprint density at radius 2 is 0.920 bits per heavy atom. The van der Waals surface area contributed by atoms with Crippen molar-refractivity contribution in [3.63, 3.8) is 0 Å². The van der Waals surface area contributed by atoms with Gasteiger partial charge >= 0.3 is 19.8 Å². The Hall–Kier alpha value is -1.99. The lowest BCUT2D eigenvalue weighted by Crippen LogP contribution is -2.29. The van der Waals surface area contributed by atoms with E-state index in [2.05, 4.69) is 60.9 Å². The number of carbonyl (C=O) groups is 2. The van der Waals surface area contributed by atoms with E-state index in [9.17, 15) is 14.2 Å². The summed E-state index contributed by atoms with van der Waals surface area (Å²) in [5, 5.41) is 0. The predicted molar refractivity (Wildman–Crippen MR) is 207 cm³/mol. The zero-order valence-electron chi connectivity index (χ0n) is 31.8. The van der Waals surface area contributed by atoms with Gasteiger partial charge < -0.3 is 19.3 Å².